The Hall–Kier alpha value is -1.94. The Kier molecular flexibility index (Phi) is 2.83. The first kappa shape index (κ1) is 10.6. The molecule has 2 aromatic carbocycles. The van der Waals surface area contributed by atoms with Crippen molar-refractivity contribution in [2.75, 3.05) is 0 Å². The molecule has 2 radical (unpaired) electrons. The summed E-state index contributed by atoms with van der Waals surface area (Å²) in [5.74, 6) is 0.271. The monoisotopic (exact) mass is 212 g/mol. The lowest BCUT2D eigenvalue weighted by molar-refractivity contribution is 0.481. The third-order valence-corrected chi connectivity index (χ3v) is 2.38. The second-order valence-electron chi connectivity index (χ2n) is 3.25. The number of benzene rings is 2. The molecule has 4 heteroatoms. The molecule has 0 fully saturated rings. The summed E-state index contributed by atoms with van der Waals surface area (Å²) in [6.07, 6.45) is 0. The second-order valence-corrected chi connectivity index (χ2v) is 3.25. The molecule has 0 spiro atoms. The average Bonchev–Trinajstić information content (AvgIpc) is 2.71. The van der Waals surface area contributed by atoms with Crippen LogP contribution in [0.1, 0.15) is 0 Å². The van der Waals surface area contributed by atoms with Gasteiger partial charge in [-0.3, -0.25) is 0 Å². The number of phenols is 1. The summed E-state index contributed by atoms with van der Waals surface area (Å²) in [7, 11) is 3.50. The van der Waals surface area contributed by atoms with Gasteiger partial charge in [-0.25, -0.2) is 0 Å². The van der Waals surface area contributed by atoms with E-state index in [2.05, 4.69) is 8.05 Å². The molecule has 78 valence electrons. The van der Waals surface area contributed by atoms with Crippen LogP contribution in [0.25, 0.3) is 21.9 Å². The first-order valence-electron chi connectivity index (χ1n) is 4.71. The van der Waals surface area contributed by atoms with Gasteiger partial charge in [0.15, 0.2) is 0 Å². The Morgan fingerprint density at radius 3 is 2.38 bits per heavy atom. The van der Waals surface area contributed by atoms with Crippen molar-refractivity contribution < 1.29 is 14.5 Å². The molecule has 0 bridgehead atoms. The van der Waals surface area contributed by atoms with Crippen LogP contribution in [0, 0.1) is 0 Å². The molecule has 16 heavy (non-hydrogen) atoms. The third kappa shape index (κ3) is 1.53. The van der Waals surface area contributed by atoms with E-state index in [0.29, 0.717) is 0 Å². The Balaban J connectivity index is 0.000000457. The maximum Gasteiger partial charge on any atom is 0.277 e. The zero-order valence-corrected chi connectivity index (χ0v) is 8.42. The molecule has 1 heterocycles. The molecule has 3 nitrogen and oxygen atoms in total. The molecule has 1 aromatic heterocycles. The van der Waals surface area contributed by atoms with Gasteiger partial charge in [0.05, 0.1) is 5.39 Å². The lowest BCUT2D eigenvalue weighted by Gasteiger charge is -1.92. The summed E-state index contributed by atoms with van der Waals surface area (Å²) in [5, 5.41) is 18.0. The molecule has 0 atom stereocenters. The van der Waals surface area contributed by atoms with Gasteiger partial charge in [0.25, 0.3) is 8.05 Å². The van der Waals surface area contributed by atoms with Crippen molar-refractivity contribution in [3.8, 4) is 5.75 Å². The fourth-order valence-electron chi connectivity index (χ4n) is 1.76. The van der Waals surface area contributed by atoms with Crippen LogP contribution in [0.4, 0.5) is 0 Å². The van der Waals surface area contributed by atoms with E-state index in [-0.39, 0.29) is 5.75 Å². The molecule has 0 saturated carbocycles. The predicted molar refractivity (Wildman–Crippen MR) is 63.4 cm³/mol. The highest BCUT2D eigenvalue weighted by molar-refractivity contribution is 6.07. The number of hydrogen-bond donors (Lipinski definition) is 2. The maximum absolute atomic E-state index is 9.70. The summed E-state index contributed by atoms with van der Waals surface area (Å²) in [6, 6.07) is 13.0. The van der Waals surface area contributed by atoms with Gasteiger partial charge in [-0.2, -0.15) is 0 Å². The molecule has 0 unspecified atom stereocenters. The SMILES string of the molecule is Oc1cccc2oc3ccccc3c12.[B]O. The average molecular weight is 212 g/mol. The van der Waals surface area contributed by atoms with Crippen LogP contribution in [0.5, 0.6) is 5.75 Å². The zero-order valence-electron chi connectivity index (χ0n) is 8.42. The smallest absolute Gasteiger partial charge is 0.277 e. The van der Waals surface area contributed by atoms with Gasteiger partial charge in [-0.15, -0.1) is 0 Å². The van der Waals surface area contributed by atoms with Crippen molar-refractivity contribution in [3.05, 3.63) is 42.5 Å². The number of aromatic hydroxyl groups is 1. The van der Waals surface area contributed by atoms with Gasteiger partial charge >= 0.3 is 0 Å². The van der Waals surface area contributed by atoms with Gasteiger partial charge < -0.3 is 14.5 Å². The number of phenolic OH excluding ortho intramolecular Hbond substituents is 1. The van der Waals surface area contributed by atoms with Crippen molar-refractivity contribution in [3.63, 3.8) is 0 Å². The van der Waals surface area contributed by atoms with Crippen molar-refractivity contribution in [2.24, 2.45) is 0 Å². The summed E-state index contributed by atoms with van der Waals surface area (Å²) in [5.41, 5.74) is 1.54. The van der Waals surface area contributed by atoms with Gasteiger partial charge in [0.1, 0.15) is 16.9 Å². The van der Waals surface area contributed by atoms with Gasteiger partial charge in [0.2, 0.25) is 0 Å². The van der Waals surface area contributed by atoms with E-state index in [1.165, 1.54) is 0 Å². The molecule has 0 aliphatic heterocycles. The standard InChI is InChI=1S/C12H8O2.BHO/c13-9-5-3-7-11-12(9)8-4-1-2-6-10(8)14-11;1-2/h1-7,13H;2H. The maximum atomic E-state index is 9.70. The Labute approximate surface area is 93.4 Å². The zero-order chi connectivity index (χ0) is 11.5. The molecule has 3 rings (SSSR count). The predicted octanol–water partition coefficient (Wildman–Crippen LogP) is 2.35. The minimum Gasteiger partial charge on any atom is -0.507 e. The molecular formula is C12H9BO3. The first-order chi connectivity index (χ1) is 7.86. The highest BCUT2D eigenvalue weighted by atomic mass is 16.3. The summed E-state index contributed by atoms with van der Waals surface area (Å²) in [4.78, 5) is 0. The normalized spacial score (nSPS) is 10.1. The molecule has 3 aromatic rings. The van der Waals surface area contributed by atoms with E-state index in [0.717, 1.165) is 21.9 Å². The van der Waals surface area contributed by atoms with E-state index in [9.17, 15) is 5.11 Å². The number of para-hydroxylation sites is 1. The molecule has 0 aliphatic rings. The Bertz CT molecular complexity index is 616. The van der Waals surface area contributed by atoms with E-state index in [4.69, 9.17) is 9.44 Å². The number of fused-ring (bicyclic) bond motifs is 3. The number of hydrogen-bond acceptors (Lipinski definition) is 3. The van der Waals surface area contributed by atoms with Crippen molar-refractivity contribution in [2.45, 2.75) is 0 Å². The van der Waals surface area contributed by atoms with Gasteiger partial charge in [-0.1, -0.05) is 24.3 Å². The fourth-order valence-corrected chi connectivity index (χ4v) is 1.76. The topological polar surface area (TPSA) is 53.6 Å². The highest BCUT2D eigenvalue weighted by Gasteiger charge is 2.08. The molecule has 0 aliphatic carbocycles. The van der Waals surface area contributed by atoms with Crippen molar-refractivity contribution in [1.82, 2.24) is 0 Å². The minimum atomic E-state index is 0.271. The van der Waals surface area contributed by atoms with Crippen LogP contribution in [0.2, 0.25) is 0 Å². The molecule has 2 N–H and O–H groups in total. The van der Waals surface area contributed by atoms with Gasteiger partial charge in [0, 0.05) is 5.39 Å². The number of rotatable bonds is 0. The molecular weight excluding hydrogens is 203 g/mol. The first-order valence-corrected chi connectivity index (χ1v) is 4.71. The minimum absolute atomic E-state index is 0.271. The van der Waals surface area contributed by atoms with Crippen LogP contribution in [0.15, 0.2) is 46.9 Å². The summed E-state index contributed by atoms with van der Waals surface area (Å²) < 4.78 is 5.57. The van der Waals surface area contributed by atoms with Crippen LogP contribution < -0.4 is 0 Å². The van der Waals surface area contributed by atoms with Crippen LogP contribution in [-0.2, 0) is 0 Å². The highest BCUT2D eigenvalue weighted by Crippen LogP contribution is 2.34. The largest absolute Gasteiger partial charge is 0.507 e. The third-order valence-electron chi connectivity index (χ3n) is 2.38. The van der Waals surface area contributed by atoms with E-state index >= 15 is 0 Å². The second kappa shape index (κ2) is 4.29. The lowest BCUT2D eigenvalue weighted by atomic mass is 10.1. The van der Waals surface area contributed by atoms with E-state index in [1.54, 1.807) is 12.1 Å². The van der Waals surface area contributed by atoms with Crippen LogP contribution in [0.3, 0.4) is 0 Å². The van der Waals surface area contributed by atoms with Crippen molar-refractivity contribution in [1.29, 1.82) is 0 Å². The van der Waals surface area contributed by atoms with Crippen LogP contribution in [-0.4, -0.2) is 18.2 Å². The summed E-state index contributed by atoms with van der Waals surface area (Å²) in [6.45, 7) is 0. The Morgan fingerprint density at radius 2 is 1.56 bits per heavy atom. The quantitative estimate of drug-likeness (QED) is 0.562. The molecule has 0 amide bonds. The lowest BCUT2D eigenvalue weighted by Crippen LogP contribution is -1.67. The van der Waals surface area contributed by atoms with E-state index < -0.39 is 0 Å². The van der Waals surface area contributed by atoms with Crippen molar-refractivity contribution >= 4 is 30.0 Å². The van der Waals surface area contributed by atoms with Gasteiger partial charge in [-0.05, 0) is 18.2 Å². The fraction of sp³-hybridized carbons (Fsp3) is 0. The number of furan rings is 1. The molecule has 0 saturated heterocycles. The summed E-state index contributed by atoms with van der Waals surface area (Å²) >= 11 is 0. The van der Waals surface area contributed by atoms with Crippen LogP contribution >= 0.6 is 0 Å². The van der Waals surface area contributed by atoms with E-state index in [1.807, 2.05) is 30.3 Å². The Morgan fingerprint density at radius 1 is 0.875 bits per heavy atom.